The molecule has 1 amide bonds. The molecule has 27 heavy (non-hydrogen) atoms. The number of rotatable bonds is 3. The minimum atomic E-state index is -0.133. The van der Waals surface area contributed by atoms with Gasteiger partial charge in [0.1, 0.15) is 5.82 Å². The number of anilines is 2. The summed E-state index contributed by atoms with van der Waals surface area (Å²) >= 11 is 0. The van der Waals surface area contributed by atoms with Gasteiger partial charge in [-0.1, -0.05) is 36.4 Å². The molecule has 4 heteroatoms. The first-order chi connectivity index (χ1) is 13.1. The summed E-state index contributed by atoms with van der Waals surface area (Å²) in [4.78, 5) is 19.4. The van der Waals surface area contributed by atoms with Gasteiger partial charge < -0.3 is 10.2 Å². The van der Waals surface area contributed by atoms with Crippen LogP contribution in [0, 0.1) is 13.8 Å². The van der Waals surface area contributed by atoms with Gasteiger partial charge in [-0.3, -0.25) is 4.79 Å². The van der Waals surface area contributed by atoms with Crippen LogP contribution in [-0.4, -0.2) is 17.4 Å². The molecule has 0 saturated carbocycles. The maximum Gasteiger partial charge on any atom is 0.257 e. The Labute approximate surface area is 159 Å². The average molecular weight is 357 g/mol. The van der Waals surface area contributed by atoms with E-state index in [0.29, 0.717) is 5.56 Å². The number of hydrogen-bond acceptors (Lipinski definition) is 3. The van der Waals surface area contributed by atoms with Gasteiger partial charge in [0, 0.05) is 25.0 Å². The van der Waals surface area contributed by atoms with E-state index in [1.54, 1.807) is 6.20 Å². The molecule has 0 atom stereocenters. The van der Waals surface area contributed by atoms with Gasteiger partial charge in [-0.25, -0.2) is 4.98 Å². The number of carbonyl (C=O) groups is 1. The lowest BCUT2D eigenvalue weighted by atomic mass is 10.00. The van der Waals surface area contributed by atoms with Crippen LogP contribution < -0.4 is 10.2 Å². The predicted octanol–water partition coefficient (Wildman–Crippen LogP) is 4.51. The van der Waals surface area contributed by atoms with Gasteiger partial charge in [0.05, 0.1) is 5.56 Å². The summed E-state index contributed by atoms with van der Waals surface area (Å²) in [7, 11) is 0. The zero-order valence-electron chi connectivity index (χ0n) is 15.7. The molecule has 2 aromatic carbocycles. The van der Waals surface area contributed by atoms with E-state index in [1.807, 2.05) is 44.2 Å². The van der Waals surface area contributed by atoms with E-state index in [-0.39, 0.29) is 5.91 Å². The molecule has 0 aliphatic carbocycles. The quantitative estimate of drug-likeness (QED) is 0.750. The van der Waals surface area contributed by atoms with Crippen molar-refractivity contribution in [3.05, 3.63) is 88.6 Å². The van der Waals surface area contributed by atoms with Gasteiger partial charge in [-0.15, -0.1) is 0 Å². The van der Waals surface area contributed by atoms with Crippen LogP contribution in [0.3, 0.4) is 0 Å². The van der Waals surface area contributed by atoms with Crippen LogP contribution >= 0.6 is 0 Å². The molecule has 0 spiro atoms. The molecule has 1 aliphatic heterocycles. The third-order valence-electron chi connectivity index (χ3n) is 5.11. The summed E-state index contributed by atoms with van der Waals surface area (Å²) in [6, 6.07) is 18.4. The Hall–Kier alpha value is -3.14. The van der Waals surface area contributed by atoms with E-state index in [1.165, 1.54) is 11.1 Å². The van der Waals surface area contributed by atoms with E-state index in [9.17, 15) is 4.79 Å². The first-order valence-corrected chi connectivity index (χ1v) is 9.26. The number of aryl methyl sites for hydroxylation is 2. The van der Waals surface area contributed by atoms with E-state index in [0.717, 1.165) is 42.1 Å². The number of carbonyl (C=O) groups excluding carboxylic acids is 1. The zero-order chi connectivity index (χ0) is 18.8. The molecule has 0 fully saturated rings. The van der Waals surface area contributed by atoms with Crippen molar-refractivity contribution >= 4 is 17.4 Å². The maximum absolute atomic E-state index is 12.6. The second kappa shape index (κ2) is 7.23. The Morgan fingerprint density at radius 3 is 2.63 bits per heavy atom. The average Bonchev–Trinajstić information content (AvgIpc) is 2.70. The van der Waals surface area contributed by atoms with Gasteiger partial charge >= 0.3 is 0 Å². The van der Waals surface area contributed by atoms with Crippen LogP contribution in [0.2, 0.25) is 0 Å². The number of fused-ring (bicyclic) bond motifs is 1. The molecule has 1 aliphatic rings. The number of hydrogen-bond donors (Lipinski definition) is 1. The van der Waals surface area contributed by atoms with Gasteiger partial charge in [0.15, 0.2) is 0 Å². The van der Waals surface area contributed by atoms with Crippen LogP contribution in [0.15, 0.2) is 60.8 Å². The lowest BCUT2D eigenvalue weighted by Gasteiger charge is -2.29. The van der Waals surface area contributed by atoms with Gasteiger partial charge in [0.2, 0.25) is 0 Å². The van der Waals surface area contributed by atoms with Crippen molar-refractivity contribution in [3.8, 4) is 0 Å². The first-order valence-electron chi connectivity index (χ1n) is 9.26. The Balaban J connectivity index is 1.48. The van der Waals surface area contributed by atoms with Crippen LogP contribution in [0.4, 0.5) is 11.5 Å². The SMILES string of the molecule is Cc1ccc(C)c(NC(=O)c2ccc(N3CCc4ccccc4C3)nc2)c1. The van der Waals surface area contributed by atoms with Crippen molar-refractivity contribution in [1.82, 2.24) is 4.98 Å². The molecule has 0 saturated heterocycles. The van der Waals surface area contributed by atoms with Crippen molar-refractivity contribution < 1.29 is 4.79 Å². The second-order valence-corrected chi connectivity index (χ2v) is 7.12. The molecule has 4 nitrogen and oxygen atoms in total. The molecule has 0 radical (unpaired) electrons. The Morgan fingerprint density at radius 2 is 1.85 bits per heavy atom. The van der Waals surface area contributed by atoms with Gasteiger partial charge in [-0.2, -0.15) is 0 Å². The van der Waals surface area contributed by atoms with Crippen molar-refractivity contribution in [2.45, 2.75) is 26.8 Å². The van der Waals surface area contributed by atoms with E-state index >= 15 is 0 Å². The van der Waals surface area contributed by atoms with E-state index in [2.05, 4.69) is 39.5 Å². The molecule has 1 N–H and O–H groups in total. The summed E-state index contributed by atoms with van der Waals surface area (Å²) in [6.07, 6.45) is 2.68. The lowest BCUT2D eigenvalue weighted by Crippen LogP contribution is -2.31. The van der Waals surface area contributed by atoms with E-state index in [4.69, 9.17) is 0 Å². The standard InChI is InChI=1S/C23H23N3O/c1-16-7-8-17(2)21(13-16)25-23(27)19-9-10-22(24-14-19)26-12-11-18-5-3-4-6-20(18)15-26/h3-10,13-14H,11-12,15H2,1-2H3,(H,25,27). The summed E-state index contributed by atoms with van der Waals surface area (Å²) in [5.41, 5.74) is 6.34. The zero-order valence-corrected chi connectivity index (χ0v) is 15.7. The number of amides is 1. The fourth-order valence-electron chi connectivity index (χ4n) is 3.46. The highest BCUT2D eigenvalue weighted by molar-refractivity contribution is 6.04. The highest BCUT2D eigenvalue weighted by Crippen LogP contribution is 2.23. The molecule has 136 valence electrons. The smallest absolute Gasteiger partial charge is 0.257 e. The summed E-state index contributed by atoms with van der Waals surface area (Å²) < 4.78 is 0. The normalized spacial score (nSPS) is 13.2. The lowest BCUT2D eigenvalue weighted by molar-refractivity contribution is 0.102. The Morgan fingerprint density at radius 1 is 1.04 bits per heavy atom. The number of benzene rings is 2. The van der Waals surface area contributed by atoms with Crippen molar-refractivity contribution in [2.75, 3.05) is 16.8 Å². The monoisotopic (exact) mass is 357 g/mol. The molecule has 2 heterocycles. The largest absolute Gasteiger partial charge is 0.352 e. The summed E-state index contributed by atoms with van der Waals surface area (Å²) in [6.45, 7) is 5.81. The van der Waals surface area contributed by atoms with Crippen LogP contribution in [0.5, 0.6) is 0 Å². The number of nitrogens with zero attached hydrogens (tertiary/aromatic N) is 2. The molecule has 0 bridgehead atoms. The second-order valence-electron chi connectivity index (χ2n) is 7.12. The molecule has 0 unspecified atom stereocenters. The maximum atomic E-state index is 12.6. The minimum Gasteiger partial charge on any atom is -0.352 e. The summed E-state index contributed by atoms with van der Waals surface area (Å²) in [5, 5.41) is 2.99. The first kappa shape index (κ1) is 17.3. The van der Waals surface area contributed by atoms with E-state index < -0.39 is 0 Å². The predicted molar refractivity (Wildman–Crippen MR) is 109 cm³/mol. The number of nitrogens with one attached hydrogen (secondary N) is 1. The molecule has 3 aromatic rings. The molecule has 1 aromatic heterocycles. The van der Waals surface area contributed by atoms with Crippen molar-refractivity contribution in [2.24, 2.45) is 0 Å². The molecular formula is C23H23N3O. The number of pyridine rings is 1. The minimum absolute atomic E-state index is 0.133. The van der Waals surface area contributed by atoms with Gasteiger partial charge in [0.25, 0.3) is 5.91 Å². The Bertz CT molecular complexity index is 979. The van der Waals surface area contributed by atoms with Crippen LogP contribution in [0.25, 0.3) is 0 Å². The Kier molecular flexibility index (Phi) is 4.63. The molecular weight excluding hydrogens is 334 g/mol. The highest BCUT2D eigenvalue weighted by atomic mass is 16.1. The van der Waals surface area contributed by atoms with Crippen LogP contribution in [0.1, 0.15) is 32.6 Å². The highest BCUT2D eigenvalue weighted by Gasteiger charge is 2.17. The fourth-order valence-corrected chi connectivity index (χ4v) is 3.46. The topological polar surface area (TPSA) is 45.2 Å². The third kappa shape index (κ3) is 3.70. The fraction of sp³-hybridized carbons (Fsp3) is 0.217. The van der Waals surface area contributed by atoms with Crippen molar-refractivity contribution in [1.29, 1.82) is 0 Å². The third-order valence-corrected chi connectivity index (χ3v) is 5.11. The molecule has 4 rings (SSSR count). The summed E-state index contributed by atoms with van der Waals surface area (Å²) in [5.74, 6) is 0.777. The number of aromatic nitrogens is 1. The van der Waals surface area contributed by atoms with Crippen molar-refractivity contribution in [3.63, 3.8) is 0 Å². The van der Waals surface area contributed by atoms with Gasteiger partial charge in [-0.05, 0) is 60.7 Å². The van der Waals surface area contributed by atoms with Crippen LogP contribution in [-0.2, 0) is 13.0 Å².